The molecule has 2 nitrogen and oxygen atoms in total. The second kappa shape index (κ2) is 3.80. The van der Waals surface area contributed by atoms with E-state index in [1.54, 1.807) is 30.3 Å². The fraction of sp³-hybridized carbons (Fsp3) is 0. The van der Waals surface area contributed by atoms with E-state index in [2.05, 4.69) is 0 Å². The van der Waals surface area contributed by atoms with Gasteiger partial charge >= 0.3 is 16.1 Å². The van der Waals surface area contributed by atoms with Gasteiger partial charge in [-0.15, -0.1) is 0 Å². The minimum atomic E-state index is -0.879. The van der Waals surface area contributed by atoms with Gasteiger partial charge < -0.3 is 7.96 Å². The van der Waals surface area contributed by atoms with E-state index < -0.39 is 5.97 Å². The predicted octanol–water partition coefficient (Wildman–Crippen LogP) is 1.23. The first-order valence-electron chi connectivity index (χ1n) is 2.59. The minimum Gasteiger partial charge on any atom is -1.00 e. The van der Waals surface area contributed by atoms with E-state index in [1.165, 1.54) is 0 Å². The van der Waals surface area contributed by atoms with E-state index in [9.17, 15) is 4.79 Å². The molecule has 0 saturated heterocycles. The molecule has 3 heteroatoms. The van der Waals surface area contributed by atoms with Gasteiger partial charge in [-0.2, -0.15) is 0 Å². The molecule has 0 radical (unpaired) electrons. The van der Waals surface area contributed by atoms with Gasteiger partial charge in [0.1, 0.15) is 0 Å². The van der Waals surface area contributed by atoms with Crippen LogP contribution in [0.5, 0.6) is 0 Å². The number of rotatable bonds is 1. The van der Waals surface area contributed by atoms with Crippen molar-refractivity contribution in [2.24, 2.45) is 0 Å². The van der Waals surface area contributed by atoms with Gasteiger partial charge in [0.05, 0.1) is 5.56 Å². The summed E-state index contributed by atoms with van der Waals surface area (Å²) in [7, 11) is 0. The van der Waals surface area contributed by atoms with Crippen LogP contribution in [0.2, 0.25) is 0 Å². The van der Waals surface area contributed by atoms with Crippen molar-refractivity contribution in [3.8, 4) is 0 Å². The first-order valence-corrected chi connectivity index (χ1v) is 2.59. The van der Waals surface area contributed by atoms with Crippen molar-refractivity contribution in [2.45, 2.75) is 0 Å². The summed E-state index contributed by atoms with van der Waals surface area (Å²) in [5, 5.41) is 8.38. The number of carboxylic acid groups (broad SMARTS) is 1. The normalized spacial score (nSPS) is 8.00. The molecule has 0 fully saturated rings. The van der Waals surface area contributed by atoms with Crippen LogP contribution in [0.25, 0.3) is 0 Å². The third-order valence-electron chi connectivity index (χ3n) is 1.02. The van der Waals surface area contributed by atoms with Gasteiger partial charge in [0.15, 0.2) is 0 Å². The Bertz CT molecular complexity index is 216. The molecule has 0 aliphatic heterocycles. The van der Waals surface area contributed by atoms with Crippen molar-refractivity contribution in [3.05, 3.63) is 35.9 Å². The second-order valence-corrected chi connectivity index (χ2v) is 1.67. The number of aromatic carboxylic acids is 1. The molecule has 10 heavy (non-hydrogen) atoms. The number of benzene rings is 1. The zero-order valence-electron chi connectivity index (χ0n) is 7.45. The summed E-state index contributed by atoms with van der Waals surface area (Å²) >= 11 is 0. The quantitative estimate of drug-likeness (QED) is 0.585. The molecule has 50 valence electrons. The van der Waals surface area contributed by atoms with Crippen LogP contribution < -0.4 is 0 Å². The monoisotopic (exact) mass is 133 g/mol. The maximum absolute atomic E-state index is 10.2. The number of hydrogen-bond donors (Lipinski definition) is 1. The van der Waals surface area contributed by atoms with Crippen molar-refractivity contribution in [3.63, 3.8) is 0 Å². The van der Waals surface area contributed by atoms with E-state index in [0.717, 1.165) is 0 Å². The van der Waals surface area contributed by atoms with Crippen molar-refractivity contribution in [1.82, 2.24) is 0 Å². The SMILES string of the molecule is O=C(O)c1ccccc1.[Be+2].[H-].[H-]. The van der Waals surface area contributed by atoms with E-state index in [-0.39, 0.29) is 13.0 Å². The summed E-state index contributed by atoms with van der Waals surface area (Å²) in [6.45, 7) is 0. The van der Waals surface area contributed by atoms with Gasteiger partial charge in [0.25, 0.3) is 0 Å². The fourth-order valence-corrected chi connectivity index (χ4v) is 0.581. The van der Waals surface area contributed by atoms with Crippen LogP contribution in [-0.2, 0) is 0 Å². The molecular formula is C7H8BeO2. The summed E-state index contributed by atoms with van der Waals surface area (Å²) in [6, 6.07) is 8.30. The summed E-state index contributed by atoms with van der Waals surface area (Å²) in [5.74, 6) is -0.879. The van der Waals surface area contributed by atoms with Crippen LogP contribution in [0.1, 0.15) is 13.2 Å². The van der Waals surface area contributed by atoms with Crippen LogP contribution >= 0.6 is 0 Å². The smallest absolute Gasteiger partial charge is 1.00 e. The molecule has 0 atom stereocenters. The molecule has 0 amide bonds. The van der Waals surface area contributed by atoms with E-state index in [4.69, 9.17) is 5.11 Å². The van der Waals surface area contributed by atoms with E-state index in [0.29, 0.717) is 5.56 Å². The third kappa shape index (κ3) is 2.00. The molecule has 0 aliphatic rings. The Kier molecular flexibility index (Phi) is 3.37. The number of carboxylic acids is 1. The van der Waals surface area contributed by atoms with Gasteiger partial charge in [0.2, 0.25) is 0 Å². The molecular weight excluding hydrogens is 125 g/mol. The molecule has 1 rings (SSSR count). The molecule has 0 saturated carbocycles. The maximum Gasteiger partial charge on any atom is 2.00 e. The topological polar surface area (TPSA) is 37.3 Å². The molecule has 1 N–H and O–H groups in total. The molecule has 0 aromatic heterocycles. The Morgan fingerprint density at radius 3 is 2.10 bits per heavy atom. The zero-order valence-corrected chi connectivity index (χ0v) is 5.45. The summed E-state index contributed by atoms with van der Waals surface area (Å²) in [4.78, 5) is 10.2. The molecule has 0 unspecified atom stereocenters. The minimum absolute atomic E-state index is 0. The van der Waals surface area contributed by atoms with Crippen molar-refractivity contribution in [2.75, 3.05) is 0 Å². The average molecular weight is 133 g/mol. The summed E-state index contributed by atoms with van der Waals surface area (Å²) in [6.07, 6.45) is 0. The van der Waals surface area contributed by atoms with Crippen LogP contribution in [0.15, 0.2) is 30.3 Å². The first kappa shape index (κ1) is 8.86. The van der Waals surface area contributed by atoms with Crippen molar-refractivity contribution < 1.29 is 12.8 Å². The Morgan fingerprint density at radius 1 is 1.30 bits per heavy atom. The summed E-state index contributed by atoms with van der Waals surface area (Å²) < 4.78 is 0. The Hall–Kier alpha value is -1.14. The molecule has 0 heterocycles. The Labute approximate surface area is 65.7 Å². The van der Waals surface area contributed by atoms with E-state index in [1.807, 2.05) is 0 Å². The molecule has 1 aromatic rings. The van der Waals surface area contributed by atoms with Crippen LogP contribution in [0, 0.1) is 0 Å². The first-order chi connectivity index (χ1) is 4.30. The maximum atomic E-state index is 10.2. The molecule has 0 spiro atoms. The van der Waals surface area contributed by atoms with Crippen molar-refractivity contribution in [1.29, 1.82) is 0 Å². The Balaban J connectivity index is -0.000000270. The summed E-state index contributed by atoms with van der Waals surface area (Å²) in [5.41, 5.74) is 0.331. The molecule has 0 bridgehead atoms. The van der Waals surface area contributed by atoms with Crippen molar-refractivity contribution >= 4 is 16.1 Å². The standard InChI is InChI=1S/C7H6O2.Be.2H/c8-7(9)6-4-2-1-3-5-6;;;/h1-5H,(H,8,9);;;/q;+2;2*-1. The largest absolute Gasteiger partial charge is 2.00 e. The third-order valence-corrected chi connectivity index (χ3v) is 1.02. The van der Waals surface area contributed by atoms with Gasteiger partial charge in [-0.05, 0) is 12.1 Å². The predicted molar refractivity (Wildman–Crippen MR) is 41.4 cm³/mol. The van der Waals surface area contributed by atoms with Gasteiger partial charge in [-0.3, -0.25) is 0 Å². The average Bonchev–Trinajstić information content (AvgIpc) is 1.90. The van der Waals surface area contributed by atoms with Gasteiger partial charge in [-0.25, -0.2) is 4.79 Å². The zero-order chi connectivity index (χ0) is 6.69. The molecule has 1 aromatic carbocycles. The van der Waals surface area contributed by atoms with Crippen LogP contribution in [-0.4, -0.2) is 21.2 Å². The van der Waals surface area contributed by atoms with Gasteiger partial charge in [0, 0.05) is 0 Å². The molecule has 0 aliphatic carbocycles. The van der Waals surface area contributed by atoms with Gasteiger partial charge in [-0.1, -0.05) is 18.2 Å². The second-order valence-electron chi connectivity index (χ2n) is 1.67. The van der Waals surface area contributed by atoms with Crippen LogP contribution in [0.3, 0.4) is 0 Å². The fourth-order valence-electron chi connectivity index (χ4n) is 0.581. The Morgan fingerprint density at radius 2 is 1.80 bits per heavy atom. The van der Waals surface area contributed by atoms with Crippen LogP contribution in [0.4, 0.5) is 0 Å². The number of carbonyl (C=O) groups is 1. The number of hydrogen-bond acceptors (Lipinski definition) is 1. The van der Waals surface area contributed by atoms with E-state index >= 15 is 0 Å².